The quantitative estimate of drug-likeness (QED) is 0.769. The van der Waals surface area contributed by atoms with Crippen molar-refractivity contribution in [3.8, 4) is 11.9 Å². The first-order valence-electron chi connectivity index (χ1n) is 11.2. The summed E-state index contributed by atoms with van der Waals surface area (Å²) in [6, 6.07) is 10.2. The molecule has 0 spiro atoms. The van der Waals surface area contributed by atoms with E-state index in [1.807, 2.05) is 33.8 Å². The zero-order valence-corrected chi connectivity index (χ0v) is 19.5. The predicted molar refractivity (Wildman–Crippen MR) is 123 cm³/mol. The first-order valence-corrected chi connectivity index (χ1v) is 11.2. The summed E-state index contributed by atoms with van der Waals surface area (Å²) in [5.74, 6) is 0.637. The van der Waals surface area contributed by atoms with E-state index in [1.54, 1.807) is 0 Å². The lowest BCUT2D eigenvalue weighted by molar-refractivity contribution is -0.119. The second-order valence-electron chi connectivity index (χ2n) is 9.86. The first kappa shape index (κ1) is 21.9. The number of hydrogen-bond acceptors (Lipinski definition) is 5. The largest absolute Gasteiger partial charge is 0.422 e. The van der Waals surface area contributed by atoms with E-state index in [0.29, 0.717) is 17.9 Å². The zero-order chi connectivity index (χ0) is 23.2. The second-order valence-corrected chi connectivity index (χ2v) is 9.86. The van der Waals surface area contributed by atoms with Crippen LogP contribution in [0.4, 0.5) is 5.69 Å². The average molecular weight is 434 g/mol. The Morgan fingerprint density at radius 1 is 1.22 bits per heavy atom. The third-order valence-corrected chi connectivity index (χ3v) is 6.12. The van der Waals surface area contributed by atoms with E-state index < -0.39 is 0 Å². The summed E-state index contributed by atoms with van der Waals surface area (Å²) >= 11 is 0. The highest BCUT2D eigenvalue weighted by molar-refractivity contribution is 5.94. The van der Waals surface area contributed by atoms with Gasteiger partial charge in [0.05, 0.1) is 22.7 Å². The van der Waals surface area contributed by atoms with Gasteiger partial charge in [-0.15, -0.1) is 0 Å². The minimum atomic E-state index is -0.372. The number of anilines is 1. The highest BCUT2D eigenvalue weighted by Gasteiger charge is 2.39. The van der Waals surface area contributed by atoms with Crippen LogP contribution in [0, 0.1) is 11.3 Å². The summed E-state index contributed by atoms with van der Waals surface area (Å²) in [5, 5.41) is 14.8. The molecule has 1 aromatic heterocycles. The third kappa shape index (κ3) is 3.64. The molecule has 1 amide bonds. The molecule has 2 aliphatic heterocycles. The fourth-order valence-electron chi connectivity index (χ4n) is 4.51. The van der Waals surface area contributed by atoms with Crippen molar-refractivity contribution in [2.24, 2.45) is 5.73 Å². The molecule has 0 radical (unpaired) electrons. The van der Waals surface area contributed by atoms with Crippen LogP contribution in [0.1, 0.15) is 82.5 Å². The number of fused-ring (bicyclic) bond motifs is 1. The number of nitrogens with two attached hydrogens (primary N) is 1. The van der Waals surface area contributed by atoms with Gasteiger partial charge in [0, 0.05) is 18.7 Å². The Balaban J connectivity index is 1.85. The first-order chi connectivity index (χ1) is 15.1. The highest BCUT2D eigenvalue weighted by Crippen LogP contribution is 2.47. The van der Waals surface area contributed by atoms with E-state index in [1.165, 1.54) is 0 Å². The topological polar surface area (TPSA) is 97.2 Å². The number of amides is 1. The van der Waals surface area contributed by atoms with Crippen LogP contribution < -0.4 is 15.4 Å². The number of carbonyl (C=O) groups is 1. The molecule has 1 unspecified atom stereocenters. The van der Waals surface area contributed by atoms with Crippen molar-refractivity contribution in [2.75, 3.05) is 11.4 Å². The van der Waals surface area contributed by atoms with Crippen LogP contribution in [0.25, 0.3) is 0 Å². The summed E-state index contributed by atoms with van der Waals surface area (Å²) in [4.78, 5) is 14.2. The van der Waals surface area contributed by atoms with Crippen molar-refractivity contribution in [1.82, 2.24) is 9.78 Å². The van der Waals surface area contributed by atoms with E-state index in [0.717, 1.165) is 41.9 Å². The highest BCUT2D eigenvalue weighted by atomic mass is 16.5. The Morgan fingerprint density at radius 3 is 2.47 bits per heavy atom. The summed E-state index contributed by atoms with van der Waals surface area (Å²) in [6.45, 7) is 11.1. The summed E-state index contributed by atoms with van der Waals surface area (Å²) in [5.41, 5.74) is 9.91. The van der Waals surface area contributed by atoms with Gasteiger partial charge < -0.3 is 15.4 Å². The van der Waals surface area contributed by atoms with Gasteiger partial charge in [0.25, 0.3) is 0 Å². The third-order valence-electron chi connectivity index (χ3n) is 6.12. The van der Waals surface area contributed by atoms with E-state index >= 15 is 0 Å². The van der Waals surface area contributed by atoms with E-state index in [9.17, 15) is 10.1 Å². The summed E-state index contributed by atoms with van der Waals surface area (Å²) < 4.78 is 7.86. The SMILES string of the molecule is CC(C)c1nn(C(C)(C)C)c2c1C(c1ccc(N3CCCCC3=O)cc1)C(C#N)=C(N)O2. The molecule has 2 aliphatic rings. The van der Waals surface area contributed by atoms with E-state index in [4.69, 9.17) is 15.6 Å². The second kappa shape index (κ2) is 8.01. The van der Waals surface area contributed by atoms with Gasteiger partial charge in [-0.3, -0.25) is 4.79 Å². The van der Waals surface area contributed by atoms with Gasteiger partial charge in [0.15, 0.2) is 0 Å². The van der Waals surface area contributed by atoms with Crippen LogP contribution in [0.5, 0.6) is 5.88 Å². The van der Waals surface area contributed by atoms with Gasteiger partial charge in [0.1, 0.15) is 11.6 Å². The van der Waals surface area contributed by atoms with Crippen LogP contribution in [0.2, 0.25) is 0 Å². The molecule has 0 bridgehead atoms. The number of benzene rings is 1. The van der Waals surface area contributed by atoms with Gasteiger partial charge in [-0.05, 0) is 57.2 Å². The number of aromatic nitrogens is 2. The molecular weight excluding hydrogens is 402 g/mol. The Kier molecular flexibility index (Phi) is 5.49. The molecule has 4 rings (SSSR count). The number of nitriles is 1. The summed E-state index contributed by atoms with van der Waals surface area (Å²) in [6.07, 6.45) is 2.55. The molecule has 3 heterocycles. The molecule has 1 saturated heterocycles. The fourth-order valence-corrected chi connectivity index (χ4v) is 4.51. The molecule has 1 fully saturated rings. The molecule has 0 aliphatic carbocycles. The van der Waals surface area contributed by atoms with Crippen LogP contribution in [-0.4, -0.2) is 22.2 Å². The number of rotatable bonds is 3. The van der Waals surface area contributed by atoms with Gasteiger partial charge in [-0.2, -0.15) is 10.4 Å². The minimum Gasteiger partial charge on any atom is -0.422 e. The van der Waals surface area contributed by atoms with Crippen molar-refractivity contribution in [2.45, 2.75) is 71.3 Å². The smallest absolute Gasteiger partial charge is 0.226 e. The molecule has 0 saturated carbocycles. The number of allylic oxidation sites excluding steroid dienone is 1. The van der Waals surface area contributed by atoms with Crippen molar-refractivity contribution < 1.29 is 9.53 Å². The fraction of sp³-hybridized carbons (Fsp3) is 0.480. The van der Waals surface area contributed by atoms with Gasteiger partial charge in [-0.25, -0.2) is 4.68 Å². The average Bonchev–Trinajstić information content (AvgIpc) is 3.13. The normalized spacial score (nSPS) is 19.1. The maximum atomic E-state index is 12.3. The Labute approximate surface area is 189 Å². The molecular formula is C25H31N5O2. The van der Waals surface area contributed by atoms with Gasteiger partial charge in [-0.1, -0.05) is 26.0 Å². The van der Waals surface area contributed by atoms with Crippen LogP contribution in [0.15, 0.2) is 35.7 Å². The Hall–Kier alpha value is -3.27. The Bertz CT molecular complexity index is 1110. The van der Waals surface area contributed by atoms with Crippen LogP contribution in [0.3, 0.4) is 0 Å². The van der Waals surface area contributed by atoms with Gasteiger partial charge in [0.2, 0.25) is 17.7 Å². The number of hydrogen-bond donors (Lipinski definition) is 1. The zero-order valence-electron chi connectivity index (χ0n) is 19.5. The number of carbonyl (C=O) groups excluding carboxylic acids is 1. The molecule has 1 aromatic carbocycles. The molecule has 7 heteroatoms. The molecule has 7 nitrogen and oxygen atoms in total. The number of piperidine rings is 1. The molecule has 2 N–H and O–H groups in total. The van der Waals surface area contributed by atoms with Gasteiger partial charge >= 0.3 is 0 Å². The maximum absolute atomic E-state index is 12.3. The number of nitrogens with zero attached hydrogens (tertiary/aromatic N) is 4. The molecule has 168 valence electrons. The van der Waals surface area contributed by atoms with Crippen LogP contribution in [-0.2, 0) is 10.3 Å². The van der Waals surface area contributed by atoms with Crippen LogP contribution >= 0.6 is 0 Å². The number of ether oxygens (including phenoxy) is 1. The lowest BCUT2D eigenvalue weighted by Crippen LogP contribution is -2.35. The Morgan fingerprint density at radius 2 is 1.91 bits per heavy atom. The monoisotopic (exact) mass is 433 g/mol. The molecule has 32 heavy (non-hydrogen) atoms. The minimum absolute atomic E-state index is 0.112. The van der Waals surface area contributed by atoms with E-state index in [2.05, 4.69) is 40.7 Å². The predicted octanol–water partition coefficient (Wildman–Crippen LogP) is 4.50. The maximum Gasteiger partial charge on any atom is 0.226 e. The lowest BCUT2D eigenvalue weighted by atomic mass is 9.82. The van der Waals surface area contributed by atoms with E-state index in [-0.39, 0.29) is 29.2 Å². The summed E-state index contributed by atoms with van der Waals surface area (Å²) in [7, 11) is 0. The van der Waals surface area contributed by atoms with Crippen molar-refractivity contribution in [3.63, 3.8) is 0 Å². The molecule has 1 atom stereocenters. The lowest BCUT2D eigenvalue weighted by Gasteiger charge is -2.29. The van der Waals surface area contributed by atoms with Crippen molar-refractivity contribution in [3.05, 3.63) is 52.5 Å². The van der Waals surface area contributed by atoms with Crippen molar-refractivity contribution in [1.29, 1.82) is 5.26 Å². The van der Waals surface area contributed by atoms with Crippen molar-refractivity contribution >= 4 is 11.6 Å². The standard InChI is InChI=1S/C25H31N5O2/c1-15(2)22-21-20(16-9-11-17(12-10-16)29-13-7-6-8-19(29)31)18(14-26)23(27)32-24(21)30(28-22)25(3,4)5/h9-12,15,20H,6-8,13,27H2,1-5H3. The molecule has 2 aromatic rings.